The average Bonchev–Trinajstić information content (AvgIpc) is 2.43. The maximum atomic E-state index is 12.1. The maximum absolute atomic E-state index is 12.1. The molecule has 0 heterocycles. The fourth-order valence-electron chi connectivity index (χ4n) is 1.70. The topological polar surface area (TPSA) is 55.8 Å². The molecule has 0 atom stereocenters. The van der Waals surface area contributed by atoms with E-state index in [1.165, 1.54) is 11.0 Å². The lowest BCUT2D eigenvalue weighted by molar-refractivity contribution is -0.155. The summed E-state index contributed by atoms with van der Waals surface area (Å²) in [6, 6.07) is 9.34. The Bertz CT molecular complexity index is 505. The number of nitrogens with zero attached hydrogens (tertiary/aromatic N) is 1. The molecule has 0 saturated carbocycles. The van der Waals surface area contributed by atoms with Gasteiger partial charge in [-0.3, -0.25) is 9.69 Å². The maximum Gasteiger partial charge on any atom is 0.410 e. The number of esters is 1. The van der Waals surface area contributed by atoms with Gasteiger partial charge in [-0.15, -0.1) is 6.58 Å². The van der Waals surface area contributed by atoms with Gasteiger partial charge in [-0.1, -0.05) is 36.4 Å². The zero-order valence-electron chi connectivity index (χ0n) is 13.4. The molecular formula is C17H23NO4. The molecule has 0 bridgehead atoms. The second-order valence-corrected chi connectivity index (χ2v) is 5.80. The predicted molar refractivity (Wildman–Crippen MR) is 84.2 cm³/mol. The lowest BCUT2D eigenvalue weighted by atomic mass is 10.2. The molecule has 5 heteroatoms. The molecular weight excluding hydrogens is 282 g/mol. The summed E-state index contributed by atoms with van der Waals surface area (Å²) in [6.07, 6.45) is 0.961. The SMILES string of the molecule is C=CCN(CC(=O)OC(C)(C)C)C(=O)OCc1ccccc1. The van der Waals surface area contributed by atoms with Gasteiger partial charge >= 0.3 is 12.1 Å². The van der Waals surface area contributed by atoms with Gasteiger partial charge in [-0.2, -0.15) is 0 Å². The molecule has 1 aromatic carbocycles. The van der Waals surface area contributed by atoms with E-state index in [1.807, 2.05) is 30.3 Å². The molecule has 0 N–H and O–H groups in total. The van der Waals surface area contributed by atoms with E-state index < -0.39 is 17.7 Å². The molecule has 1 rings (SSSR count). The zero-order valence-corrected chi connectivity index (χ0v) is 13.4. The van der Waals surface area contributed by atoms with Gasteiger partial charge in [-0.05, 0) is 26.3 Å². The molecule has 0 spiro atoms. The van der Waals surface area contributed by atoms with E-state index in [-0.39, 0.29) is 19.7 Å². The van der Waals surface area contributed by atoms with Crippen molar-refractivity contribution in [2.45, 2.75) is 33.0 Å². The second kappa shape index (κ2) is 8.22. The largest absolute Gasteiger partial charge is 0.459 e. The van der Waals surface area contributed by atoms with Crippen LogP contribution in [0.3, 0.4) is 0 Å². The van der Waals surface area contributed by atoms with Crippen LogP contribution in [0.1, 0.15) is 26.3 Å². The van der Waals surface area contributed by atoms with E-state index in [0.29, 0.717) is 0 Å². The predicted octanol–water partition coefficient (Wildman–Crippen LogP) is 3.15. The lowest BCUT2D eigenvalue weighted by Gasteiger charge is -2.24. The minimum atomic E-state index is -0.592. The fraction of sp³-hybridized carbons (Fsp3) is 0.412. The van der Waals surface area contributed by atoms with E-state index in [1.54, 1.807) is 20.8 Å². The number of hydrogen-bond donors (Lipinski definition) is 0. The summed E-state index contributed by atoms with van der Waals surface area (Å²) in [4.78, 5) is 25.1. The van der Waals surface area contributed by atoms with Crippen LogP contribution < -0.4 is 0 Å². The monoisotopic (exact) mass is 305 g/mol. The molecule has 0 fully saturated rings. The minimum absolute atomic E-state index is 0.154. The molecule has 0 aliphatic rings. The molecule has 1 amide bonds. The lowest BCUT2D eigenvalue weighted by Crippen LogP contribution is -2.39. The molecule has 0 saturated heterocycles. The van der Waals surface area contributed by atoms with Gasteiger partial charge in [-0.25, -0.2) is 4.79 Å². The Morgan fingerprint density at radius 1 is 1.23 bits per heavy atom. The van der Waals surface area contributed by atoms with Crippen LogP contribution in [0.15, 0.2) is 43.0 Å². The number of rotatable bonds is 6. The standard InChI is InChI=1S/C17H23NO4/c1-5-11-18(12-15(19)22-17(2,3)4)16(20)21-13-14-9-7-6-8-10-14/h5-10H,1,11-13H2,2-4H3. The summed E-state index contributed by atoms with van der Waals surface area (Å²) in [7, 11) is 0. The summed E-state index contributed by atoms with van der Waals surface area (Å²) in [6.45, 7) is 9.10. The Morgan fingerprint density at radius 3 is 2.41 bits per heavy atom. The summed E-state index contributed by atoms with van der Waals surface area (Å²) < 4.78 is 10.4. The second-order valence-electron chi connectivity index (χ2n) is 5.80. The van der Waals surface area contributed by atoms with E-state index >= 15 is 0 Å². The molecule has 0 radical (unpaired) electrons. The third kappa shape index (κ3) is 6.92. The van der Waals surface area contributed by atoms with Crippen LogP contribution >= 0.6 is 0 Å². The van der Waals surface area contributed by atoms with Gasteiger partial charge in [0.15, 0.2) is 0 Å². The van der Waals surface area contributed by atoms with E-state index in [9.17, 15) is 9.59 Å². The molecule has 0 unspecified atom stereocenters. The Kier molecular flexibility index (Phi) is 6.63. The van der Waals surface area contributed by atoms with Gasteiger partial charge < -0.3 is 9.47 Å². The third-order valence-electron chi connectivity index (χ3n) is 2.55. The first kappa shape index (κ1) is 17.8. The first-order valence-electron chi connectivity index (χ1n) is 7.10. The quantitative estimate of drug-likeness (QED) is 0.598. The molecule has 1 aromatic rings. The molecule has 0 aromatic heterocycles. The number of benzene rings is 1. The van der Waals surface area contributed by atoms with Crippen LogP contribution in [0.5, 0.6) is 0 Å². The smallest absolute Gasteiger partial charge is 0.410 e. The van der Waals surface area contributed by atoms with Crippen molar-refractivity contribution >= 4 is 12.1 Å². The van der Waals surface area contributed by atoms with Crippen LogP contribution in [-0.2, 0) is 20.9 Å². The Balaban J connectivity index is 2.56. The van der Waals surface area contributed by atoms with Gasteiger partial charge in [0.1, 0.15) is 18.8 Å². The van der Waals surface area contributed by atoms with E-state index in [2.05, 4.69) is 6.58 Å². The summed E-state index contributed by atoms with van der Waals surface area (Å²) >= 11 is 0. The van der Waals surface area contributed by atoms with E-state index in [0.717, 1.165) is 5.56 Å². The first-order chi connectivity index (χ1) is 10.3. The fourth-order valence-corrected chi connectivity index (χ4v) is 1.70. The van der Waals surface area contributed by atoms with Crippen molar-refractivity contribution in [3.05, 3.63) is 48.6 Å². The summed E-state index contributed by atoms with van der Waals surface area (Å²) in [5.74, 6) is -0.481. The van der Waals surface area contributed by atoms with Crippen LogP contribution in [-0.4, -0.2) is 35.7 Å². The molecule has 5 nitrogen and oxygen atoms in total. The van der Waals surface area contributed by atoms with Crippen LogP contribution in [0.25, 0.3) is 0 Å². The van der Waals surface area contributed by atoms with Crippen molar-refractivity contribution in [1.29, 1.82) is 0 Å². The Morgan fingerprint density at radius 2 is 1.86 bits per heavy atom. The highest BCUT2D eigenvalue weighted by Gasteiger charge is 2.22. The molecule has 22 heavy (non-hydrogen) atoms. The highest BCUT2D eigenvalue weighted by molar-refractivity contribution is 5.78. The van der Waals surface area contributed by atoms with Gasteiger partial charge in [0.2, 0.25) is 0 Å². The third-order valence-corrected chi connectivity index (χ3v) is 2.55. The summed E-state index contributed by atoms with van der Waals surface area (Å²) in [5.41, 5.74) is 0.289. The zero-order chi connectivity index (χ0) is 16.6. The highest BCUT2D eigenvalue weighted by Crippen LogP contribution is 2.09. The first-order valence-corrected chi connectivity index (χ1v) is 7.10. The van der Waals surface area contributed by atoms with Gasteiger partial charge in [0.25, 0.3) is 0 Å². The van der Waals surface area contributed by atoms with Gasteiger partial charge in [0.05, 0.1) is 0 Å². The van der Waals surface area contributed by atoms with E-state index in [4.69, 9.17) is 9.47 Å². The van der Waals surface area contributed by atoms with Crippen molar-refractivity contribution in [3.8, 4) is 0 Å². The normalized spacial score (nSPS) is 10.7. The summed E-state index contributed by atoms with van der Waals surface area (Å²) in [5, 5.41) is 0. The molecule has 0 aliphatic carbocycles. The van der Waals surface area contributed by atoms with Crippen molar-refractivity contribution < 1.29 is 19.1 Å². The number of carbonyl (C=O) groups excluding carboxylic acids is 2. The van der Waals surface area contributed by atoms with Crippen molar-refractivity contribution in [1.82, 2.24) is 4.90 Å². The number of amides is 1. The van der Waals surface area contributed by atoms with Crippen molar-refractivity contribution in [3.63, 3.8) is 0 Å². The Hall–Kier alpha value is -2.30. The van der Waals surface area contributed by atoms with Crippen molar-refractivity contribution in [2.24, 2.45) is 0 Å². The molecule has 0 aliphatic heterocycles. The van der Waals surface area contributed by atoms with Crippen molar-refractivity contribution in [2.75, 3.05) is 13.1 Å². The number of hydrogen-bond acceptors (Lipinski definition) is 4. The van der Waals surface area contributed by atoms with Crippen LogP contribution in [0, 0.1) is 0 Å². The molecule has 120 valence electrons. The van der Waals surface area contributed by atoms with Crippen LogP contribution in [0.2, 0.25) is 0 Å². The average molecular weight is 305 g/mol. The van der Waals surface area contributed by atoms with Crippen LogP contribution in [0.4, 0.5) is 4.79 Å². The number of carbonyl (C=O) groups is 2. The minimum Gasteiger partial charge on any atom is -0.459 e. The number of ether oxygens (including phenoxy) is 2. The highest BCUT2D eigenvalue weighted by atomic mass is 16.6. The Labute approximate surface area is 131 Å². The van der Waals surface area contributed by atoms with Gasteiger partial charge in [0, 0.05) is 6.54 Å².